The Kier molecular flexibility index (Phi) is 8.22. The summed E-state index contributed by atoms with van der Waals surface area (Å²) in [6, 6.07) is 28.7. The normalized spacial score (nSPS) is 22.6. The van der Waals surface area contributed by atoms with Crippen molar-refractivity contribution in [1.82, 2.24) is 0 Å². The van der Waals surface area contributed by atoms with E-state index >= 15 is 0 Å². The fourth-order valence-electron chi connectivity index (χ4n) is 3.72. The maximum Gasteiger partial charge on any atom is 0.340 e. The van der Waals surface area contributed by atoms with E-state index < -0.39 is 30.6 Å². The van der Waals surface area contributed by atoms with Crippen LogP contribution in [0.3, 0.4) is 0 Å². The number of hydrogen-bond donors (Lipinski definition) is 0. The van der Waals surface area contributed by atoms with Crippen molar-refractivity contribution in [2.75, 3.05) is 7.11 Å². The number of benzene rings is 3. The van der Waals surface area contributed by atoms with E-state index in [1.165, 1.54) is 7.11 Å². The van der Waals surface area contributed by atoms with Gasteiger partial charge in [0.1, 0.15) is 11.9 Å². The first-order valence-electron chi connectivity index (χ1n) is 11.0. The Balaban J connectivity index is 1.48. The fraction of sp³-hybridized carbons (Fsp3) is 0.296. The molecule has 0 aliphatic carbocycles. The van der Waals surface area contributed by atoms with Gasteiger partial charge in [-0.15, -0.1) is 0 Å². The van der Waals surface area contributed by atoms with E-state index in [9.17, 15) is 4.79 Å². The summed E-state index contributed by atoms with van der Waals surface area (Å²) in [5.74, 6) is -0.0256. The predicted octanol–water partition coefficient (Wildman–Crippen LogP) is 4.52. The zero-order valence-electron chi connectivity index (χ0n) is 18.5. The van der Waals surface area contributed by atoms with Gasteiger partial charge in [0.25, 0.3) is 0 Å². The van der Waals surface area contributed by atoms with Gasteiger partial charge in [0.2, 0.25) is 0 Å². The summed E-state index contributed by atoms with van der Waals surface area (Å²) in [5, 5.41) is 0. The Morgan fingerprint density at radius 3 is 1.94 bits per heavy atom. The quantitative estimate of drug-likeness (QED) is 0.354. The van der Waals surface area contributed by atoms with Crippen LogP contribution in [0.25, 0.3) is 0 Å². The lowest BCUT2D eigenvalue weighted by Crippen LogP contribution is -2.54. The number of hydrogen-bond acceptors (Lipinski definition) is 6. The predicted molar refractivity (Wildman–Crippen MR) is 122 cm³/mol. The molecule has 3 aromatic rings. The van der Waals surface area contributed by atoms with Crippen molar-refractivity contribution in [2.24, 2.45) is 0 Å². The second-order valence-electron chi connectivity index (χ2n) is 7.79. The van der Waals surface area contributed by atoms with Gasteiger partial charge in [0.15, 0.2) is 12.4 Å². The highest BCUT2D eigenvalue weighted by atomic mass is 16.7. The molecule has 1 aliphatic heterocycles. The summed E-state index contributed by atoms with van der Waals surface area (Å²) in [6.07, 6.45) is -2.28. The number of para-hydroxylation sites is 1. The molecular weight excluding hydrogens is 420 g/mol. The molecule has 0 saturated carbocycles. The van der Waals surface area contributed by atoms with Gasteiger partial charge >= 0.3 is 5.97 Å². The first kappa shape index (κ1) is 23.1. The van der Waals surface area contributed by atoms with E-state index in [4.69, 9.17) is 23.7 Å². The third-order valence-electron chi connectivity index (χ3n) is 5.43. The van der Waals surface area contributed by atoms with E-state index in [1.54, 1.807) is 12.1 Å². The number of esters is 1. The van der Waals surface area contributed by atoms with Crippen LogP contribution >= 0.6 is 0 Å². The SMILES string of the molecule is CO[C@H]1O[C@@H](C(=O)Oc2ccccc2)C[C@H](OCc2ccccc2)[C@H]1OCc1ccccc1. The average Bonchev–Trinajstić information content (AvgIpc) is 2.87. The molecular formula is C27H28O6. The fourth-order valence-corrected chi connectivity index (χ4v) is 3.72. The highest BCUT2D eigenvalue weighted by Crippen LogP contribution is 2.28. The van der Waals surface area contributed by atoms with Crippen LogP contribution in [0.4, 0.5) is 0 Å². The number of carbonyl (C=O) groups excluding carboxylic acids is 1. The summed E-state index contributed by atoms with van der Waals surface area (Å²) >= 11 is 0. The second-order valence-corrected chi connectivity index (χ2v) is 7.79. The topological polar surface area (TPSA) is 63.2 Å². The molecule has 0 spiro atoms. The van der Waals surface area contributed by atoms with Crippen LogP contribution in [0.2, 0.25) is 0 Å². The van der Waals surface area contributed by atoms with Crippen molar-refractivity contribution in [3.63, 3.8) is 0 Å². The summed E-state index contributed by atoms with van der Waals surface area (Å²) in [7, 11) is 1.53. The number of rotatable bonds is 9. The van der Waals surface area contributed by atoms with Gasteiger partial charge in [0, 0.05) is 13.5 Å². The molecule has 0 radical (unpaired) electrons. The molecule has 172 valence electrons. The third-order valence-corrected chi connectivity index (χ3v) is 5.43. The Morgan fingerprint density at radius 2 is 1.36 bits per heavy atom. The van der Waals surface area contributed by atoms with Crippen LogP contribution in [0.15, 0.2) is 91.0 Å². The van der Waals surface area contributed by atoms with Crippen molar-refractivity contribution in [3.05, 3.63) is 102 Å². The maximum atomic E-state index is 12.8. The molecule has 6 nitrogen and oxygen atoms in total. The van der Waals surface area contributed by atoms with Crippen LogP contribution in [-0.2, 0) is 37.0 Å². The molecule has 33 heavy (non-hydrogen) atoms. The monoisotopic (exact) mass is 448 g/mol. The number of ether oxygens (including phenoxy) is 5. The van der Waals surface area contributed by atoms with Crippen molar-refractivity contribution < 1.29 is 28.5 Å². The van der Waals surface area contributed by atoms with Crippen molar-refractivity contribution in [1.29, 1.82) is 0 Å². The summed E-state index contributed by atoms with van der Waals surface area (Å²) in [4.78, 5) is 12.8. The van der Waals surface area contributed by atoms with E-state index in [1.807, 2.05) is 78.9 Å². The number of carbonyl (C=O) groups is 1. The van der Waals surface area contributed by atoms with Gasteiger partial charge in [-0.05, 0) is 23.3 Å². The zero-order chi connectivity index (χ0) is 22.9. The van der Waals surface area contributed by atoms with Gasteiger partial charge in [-0.3, -0.25) is 0 Å². The average molecular weight is 449 g/mol. The molecule has 3 aromatic carbocycles. The Labute approximate surface area is 194 Å². The highest BCUT2D eigenvalue weighted by Gasteiger charge is 2.44. The Hall–Kier alpha value is -3.03. The van der Waals surface area contributed by atoms with E-state index in [2.05, 4.69) is 0 Å². The first-order valence-corrected chi connectivity index (χ1v) is 11.0. The van der Waals surface area contributed by atoms with Crippen LogP contribution in [-0.4, -0.2) is 37.7 Å². The molecule has 1 aliphatic rings. The van der Waals surface area contributed by atoms with Crippen molar-refractivity contribution in [2.45, 2.75) is 44.2 Å². The van der Waals surface area contributed by atoms with Gasteiger partial charge < -0.3 is 23.7 Å². The van der Waals surface area contributed by atoms with E-state index in [0.717, 1.165) is 11.1 Å². The zero-order valence-corrected chi connectivity index (χ0v) is 18.5. The number of methoxy groups -OCH3 is 1. The highest BCUT2D eigenvalue weighted by molar-refractivity contribution is 5.77. The van der Waals surface area contributed by atoms with Gasteiger partial charge in [-0.2, -0.15) is 0 Å². The third kappa shape index (κ3) is 6.49. The lowest BCUT2D eigenvalue weighted by molar-refractivity contribution is -0.278. The molecule has 0 aromatic heterocycles. The van der Waals surface area contributed by atoms with Crippen molar-refractivity contribution in [3.8, 4) is 5.75 Å². The molecule has 1 fully saturated rings. The van der Waals surface area contributed by atoms with Gasteiger partial charge in [-0.1, -0.05) is 78.9 Å². The molecule has 1 heterocycles. The van der Waals surface area contributed by atoms with Crippen LogP contribution < -0.4 is 4.74 Å². The standard InChI is InChI=1S/C27H28O6/c1-29-27-25(31-19-21-13-7-3-8-14-21)23(30-18-20-11-5-2-6-12-20)17-24(33-27)26(28)32-22-15-9-4-10-16-22/h2-16,23-25,27H,17-19H2,1H3/t23-,24+,25+,27-/m0/s1. The largest absolute Gasteiger partial charge is 0.425 e. The van der Waals surface area contributed by atoms with Crippen molar-refractivity contribution >= 4 is 5.97 Å². The maximum absolute atomic E-state index is 12.8. The molecule has 1 saturated heterocycles. The Morgan fingerprint density at radius 1 is 0.818 bits per heavy atom. The van der Waals surface area contributed by atoms with Crippen LogP contribution in [0.1, 0.15) is 17.5 Å². The smallest absolute Gasteiger partial charge is 0.340 e. The van der Waals surface area contributed by atoms with E-state index in [-0.39, 0.29) is 6.42 Å². The summed E-state index contributed by atoms with van der Waals surface area (Å²) in [6.45, 7) is 0.757. The lowest BCUT2D eigenvalue weighted by Gasteiger charge is -2.39. The minimum Gasteiger partial charge on any atom is -0.425 e. The molecule has 0 N–H and O–H groups in total. The minimum atomic E-state index is -0.840. The van der Waals surface area contributed by atoms with Gasteiger partial charge in [0.05, 0.1) is 19.3 Å². The first-order chi connectivity index (χ1) is 16.2. The molecule has 4 atom stereocenters. The Bertz CT molecular complexity index is 979. The second kappa shape index (κ2) is 11.7. The van der Waals surface area contributed by atoms with Crippen LogP contribution in [0, 0.1) is 0 Å². The van der Waals surface area contributed by atoms with Gasteiger partial charge in [-0.25, -0.2) is 4.79 Å². The summed E-state index contributed by atoms with van der Waals surface area (Å²) < 4.78 is 29.5. The van der Waals surface area contributed by atoms with Crippen LogP contribution in [0.5, 0.6) is 5.75 Å². The molecule has 4 rings (SSSR count). The lowest BCUT2D eigenvalue weighted by atomic mass is 10.0. The molecule has 0 amide bonds. The molecule has 0 bridgehead atoms. The molecule has 6 heteroatoms. The van der Waals surface area contributed by atoms with E-state index in [0.29, 0.717) is 19.0 Å². The minimum absolute atomic E-state index is 0.290. The summed E-state index contributed by atoms with van der Waals surface area (Å²) in [5.41, 5.74) is 2.06. The molecule has 0 unspecified atom stereocenters.